The van der Waals surface area contributed by atoms with Crippen molar-refractivity contribution >= 4 is 22.4 Å². The molecule has 2 aromatic rings. The van der Waals surface area contributed by atoms with Gasteiger partial charge < -0.3 is 5.32 Å². The molecule has 0 radical (unpaired) electrons. The van der Waals surface area contributed by atoms with Gasteiger partial charge >= 0.3 is 0 Å². The number of carbonyl (C=O) groups is 1. The van der Waals surface area contributed by atoms with Gasteiger partial charge in [0.15, 0.2) is 0 Å². The first-order valence-corrected chi connectivity index (χ1v) is 8.95. The summed E-state index contributed by atoms with van der Waals surface area (Å²) in [4.78, 5) is 12.3. The number of rotatable bonds is 6. The molecule has 0 aliphatic heterocycles. The standard InChI is InChI=1S/C17H20N4OS/c1-10-20-21-17(23-10)19-16(22)13-4-2-3-12(7-13)14-8-15(14)18-9-11-5-6-11/h2-4,7,11,14-15,18H,5-6,8-9H2,1H3,(H,19,21,22)/t14-,15+/m1/s1. The van der Waals surface area contributed by atoms with Gasteiger partial charge in [0.1, 0.15) is 5.01 Å². The van der Waals surface area contributed by atoms with Crippen molar-refractivity contribution in [1.29, 1.82) is 0 Å². The Balaban J connectivity index is 1.39. The summed E-state index contributed by atoms with van der Waals surface area (Å²) in [6.07, 6.45) is 3.93. The van der Waals surface area contributed by atoms with E-state index >= 15 is 0 Å². The first-order valence-electron chi connectivity index (χ1n) is 8.14. The Morgan fingerprint density at radius 1 is 1.35 bits per heavy atom. The van der Waals surface area contributed by atoms with Crippen LogP contribution in [0.3, 0.4) is 0 Å². The maximum absolute atomic E-state index is 12.3. The highest BCUT2D eigenvalue weighted by atomic mass is 32.1. The second kappa shape index (κ2) is 6.02. The molecule has 23 heavy (non-hydrogen) atoms. The zero-order chi connectivity index (χ0) is 15.8. The molecule has 120 valence electrons. The van der Waals surface area contributed by atoms with E-state index in [2.05, 4.69) is 26.9 Å². The normalized spacial score (nSPS) is 22.8. The monoisotopic (exact) mass is 328 g/mol. The molecule has 2 N–H and O–H groups in total. The molecule has 0 bridgehead atoms. The molecule has 6 heteroatoms. The molecular weight excluding hydrogens is 308 g/mol. The summed E-state index contributed by atoms with van der Waals surface area (Å²) in [5.74, 6) is 1.33. The van der Waals surface area contributed by atoms with E-state index in [1.165, 1.54) is 36.2 Å². The van der Waals surface area contributed by atoms with E-state index in [1.54, 1.807) is 0 Å². The fourth-order valence-corrected chi connectivity index (χ4v) is 3.44. The average Bonchev–Trinajstić information content (AvgIpc) is 3.45. The number of nitrogens with zero attached hydrogens (tertiary/aromatic N) is 2. The van der Waals surface area contributed by atoms with Gasteiger partial charge in [0, 0.05) is 17.5 Å². The molecule has 0 unspecified atom stereocenters. The molecule has 2 saturated carbocycles. The largest absolute Gasteiger partial charge is 0.313 e. The summed E-state index contributed by atoms with van der Waals surface area (Å²) in [5.41, 5.74) is 1.93. The minimum Gasteiger partial charge on any atom is -0.313 e. The van der Waals surface area contributed by atoms with Crippen LogP contribution in [0.2, 0.25) is 0 Å². The van der Waals surface area contributed by atoms with Gasteiger partial charge in [-0.2, -0.15) is 0 Å². The number of hydrogen-bond donors (Lipinski definition) is 2. The van der Waals surface area contributed by atoms with Crippen LogP contribution in [0.1, 0.15) is 46.1 Å². The number of carbonyl (C=O) groups excluding carboxylic acids is 1. The smallest absolute Gasteiger partial charge is 0.257 e. The van der Waals surface area contributed by atoms with Crippen molar-refractivity contribution < 1.29 is 4.79 Å². The number of anilines is 1. The lowest BCUT2D eigenvalue weighted by molar-refractivity contribution is 0.102. The van der Waals surface area contributed by atoms with E-state index in [4.69, 9.17) is 0 Å². The predicted molar refractivity (Wildman–Crippen MR) is 90.9 cm³/mol. The third kappa shape index (κ3) is 3.59. The quantitative estimate of drug-likeness (QED) is 0.855. The van der Waals surface area contributed by atoms with Gasteiger partial charge in [-0.1, -0.05) is 23.5 Å². The van der Waals surface area contributed by atoms with Crippen LogP contribution in [0.5, 0.6) is 0 Å². The molecule has 2 fully saturated rings. The van der Waals surface area contributed by atoms with Crippen molar-refractivity contribution in [3.63, 3.8) is 0 Å². The van der Waals surface area contributed by atoms with Crippen LogP contribution in [-0.2, 0) is 0 Å². The second-order valence-corrected chi connectivity index (χ2v) is 7.69. The Morgan fingerprint density at radius 3 is 2.96 bits per heavy atom. The minimum atomic E-state index is -0.119. The zero-order valence-corrected chi connectivity index (χ0v) is 13.9. The van der Waals surface area contributed by atoms with Gasteiger partial charge in [-0.15, -0.1) is 10.2 Å². The number of nitrogens with one attached hydrogen (secondary N) is 2. The van der Waals surface area contributed by atoms with Crippen molar-refractivity contribution in [3.05, 3.63) is 40.4 Å². The average molecular weight is 328 g/mol. The molecule has 0 spiro atoms. The molecule has 2 atom stereocenters. The lowest BCUT2D eigenvalue weighted by Gasteiger charge is -2.06. The van der Waals surface area contributed by atoms with E-state index in [0.717, 1.165) is 17.5 Å². The second-order valence-electron chi connectivity index (χ2n) is 6.51. The van der Waals surface area contributed by atoms with Crippen molar-refractivity contribution in [3.8, 4) is 0 Å². The molecule has 2 aliphatic rings. The van der Waals surface area contributed by atoms with E-state index in [1.807, 2.05) is 25.1 Å². The van der Waals surface area contributed by atoms with Crippen LogP contribution in [0, 0.1) is 12.8 Å². The lowest BCUT2D eigenvalue weighted by atomic mass is 10.1. The SMILES string of the molecule is Cc1nnc(NC(=O)c2cccc([C@H]3C[C@@H]3NCC3CC3)c2)s1. The van der Waals surface area contributed by atoms with Crippen LogP contribution >= 0.6 is 11.3 Å². The van der Waals surface area contributed by atoms with Crippen molar-refractivity contribution in [2.24, 2.45) is 5.92 Å². The minimum absolute atomic E-state index is 0.119. The highest BCUT2D eigenvalue weighted by Gasteiger charge is 2.39. The lowest BCUT2D eigenvalue weighted by Crippen LogP contribution is -2.20. The summed E-state index contributed by atoms with van der Waals surface area (Å²) in [6, 6.07) is 8.52. The maximum Gasteiger partial charge on any atom is 0.257 e. The fraction of sp³-hybridized carbons (Fsp3) is 0.471. The number of aromatic nitrogens is 2. The molecule has 1 aromatic carbocycles. The number of benzene rings is 1. The molecule has 0 saturated heterocycles. The van der Waals surface area contributed by atoms with Crippen LogP contribution in [0.15, 0.2) is 24.3 Å². The van der Waals surface area contributed by atoms with Crippen molar-refractivity contribution in [2.45, 2.75) is 38.1 Å². The first kappa shape index (κ1) is 14.8. The van der Waals surface area contributed by atoms with E-state index in [0.29, 0.717) is 22.7 Å². The molecule has 1 aromatic heterocycles. The Bertz CT molecular complexity index is 725. The maximum atomic E-state index is 12.3. The molecule has 5 nitrogen and oxygen atoms in total. The Morgan fingerprint density at radius 2 is 2.22 bits per heavy atom. The van der Waals surface area contributed by atoms with Crippen molar-refractivity contribution in [1.82, 2.24) is 15.5 Å². The summed E-state index contributed by atoms with van der Waals surface area (Å²) >= 11 is 1.38. The van der Waals surface area contributed by atoms with Crippen molar-refractivity contribution in [2.75, 3.05) is 11.9 Å². The number of amides is 1. The summed E-state index contributed by atoms with van der Waals surface area (Å²) in [5, 5.41) is 15.7. The zero-order valence-electron chi connectivity index (χ0n) is 13.1. The van der Waals surface area contributed by atoms with E-state index in [-0.39, 0.29) is 5.91 Å². The summed E-state index contributed by atoms with van der Waals surface area (Å²) in [7, 11) is 0. The Kier molecular flexibility index (Phi) is 3.87. The van der Waals surface area contributed by atoms with Gasteiger partial charge in [-0.25, -0.2) is 0 Å². The third-order valence-corrected chi connectivity index (χ3v) is 5.23. The van der Waals surface area contributed by atoms with E-state index in [9.17, 15) is 4.79 Å². The van der Waals surface area contributed by atoms with E-state index < -0.39 is 0 Å². The molecule has 1 amide bonds. The van der Waals surface area contributed by atoms with Gasteiger partial charge in [0.2, 0.25) is 5.13 Å². The van der Waals surface area contributed by atoms with Gasteiger partial charge in [-0.3, -0.25) is 10.1 Å². The highest BCUT2D eigenvalue weighted by Crippen LogP contribution is 2.41. The van der Waals surface area contributed by atoms with Crippen LogP contribution in [-0.4, -0.2) is 28.7 Å². The van der Waals surface area contributed by atoms with Gasteiger partial charge in [-0.05, 0) is 56.3 Å². The van der Waals surface area contributed by atoms with Gasteiger partial charge in [0.05, 0.1) is 0 Å². The Labute approximate surface area is 139 Å². The molecular formula is C17H20N4OS. The molecule has 4 rings (SSSR count). The first-order chi connectivity index (χ1) is 11.2. The third-order valence-electron chi connectivity index (χ3n) is 4.48. The fourth-order valence-electron chi connectivity index (χ4n) is 2.86. The molecule has 2 aliphatic carbocycles. The molecule has 1 heterocycles. The van der Waals surface area contributed by atoms with Gasteiger partial charge in [0.25, 0.3) is 5.91 Å². The highest BCUT2D eigenvalue weighted by molar-refractivity contribution is 7.15. The summed E-state index contributed by atoms with van der Waals surface area (Å²) in [6.45, 7) is 3.02. The number of aryl methyl sites for hydroxylation is 1. The van der Waals surface area contributed by atoms with Crippen LogP contribution in [0.4, 0.5) is 5.13 Å². The van der Waals surface area contributed by atoms with Crippen LogP contribution in [0.25, 0.3) is 0 Å². The van der Waals surface area contributed by atoms with Crippen LogP contribution < -0.4 is 10.6 Å². The predicted octanol–water partition coefficient (Wildman–Crippen LogP) is 2.95. The topological polar surface area (TPSA) is 66.9 Å². The summed E-state index contributed by atoms with van der Waals surface area (Å²) < 4.78 is 0. The Hall–Kier alpha value is -1.79. The number of hydrogen-bond acceptors (Lipinski definition) is 5.